The van der Waals surface area contributed by atoms with Crippen LogP contribution in [0.3, 0.4) is 0 Å². The van der Waals surface area contributed by atoms with Crippen LogP contribution in [0.2, 0.25) is 0 Å². The highest BCUT2D eigenvalue weighted by molar-refractivity contribution is 5.65. The summed E-state index contributed by atoms with van der Waals surface area (Å²) in [6.07, 6.45) is 7.28. The first-order chi connectivity index (χ1) is 4.31. The van der Waals surface area contributed by atoms with Crippen molar-refractivity contribution in [3.63, 3.8) is 0 Å². The first-order valence-electron chi connectivity index (χ1n) is 3.03. The average Bonchev–Trinajstić information content (AvgIpc) is 1.85. The summed E-state index contributed by atoms with van der Waals surface area (Å²) in [4.78, 5) is 9.88. The summed E-state index contributed by atoms with van der Waals surface area (Å²) >= 11 is 0. The first-order valence-corrected chi connectivity index (χ1v) is 3.03. The fourth-order valence-corrected chi connectivity index (χ4v) is 0.488. The van der Waals surface area contributed by atoms with Crippen molar-refractivity contribution in [1.29, 1.82) is 0 Å². The lowest BCUT2D eigenvalue weighted by atomic mass is 10.2. The van der Waals surface area contributed by atoms with E-state index in [1.165, 1.54) is 0 Å². The molecule has 1 heteroatoms. The molecular weight excluding hydrogens is 112 g/mol. The maximum absolute atomic E-state index is 9.88. The molecule has 0 rings (SSSR count). The van der Waals surface area contributed by atoms with E-state index in [0.717, 1.165) is 18.3 Å². The van der Waals surface area contributed by atoms with Gasteiger partial charge in [0.15, 0.2) is 0 Å². The minimum atomic E-state index is 0.818. The molecule has 0 aromatic heterocycles. The Kier molecular flexibility index (Phi) is 4.79. The van der Waals surface area contributed by atoms with Gasteiger partial charge >= 0.3 is 0 Å². The van der Waals surface area contributed by atoms with Gasteiger partial charge in [0.05, 0.1) is 0 Å². The highest BCUT2D eigenvalue weighted by atomic mass is 16.1. The maximum atomic E-state index is 9.88. The number of carbonyl (C=O) groups is 1. The molecule has 0 radical (unpaired) electrons. The summed E-state index contributed by atoms with van der Waals surface area (Å²) in [5, 5.41) is 0. The van der Waals surface area contributed by atoms with Gasteiger partial charge in [-0.15, -0.1) is 0 Å². The smallest absolute Gasteiger partial charge is 0.142 e. The van der Waals surface area contributed by atoms with Crippen LogP contribution in [0, 0.1) is 0 Å². The highest BCUT2D eigenvalue weighted by Gasteiger charge is 1.80. The van der Waals surface area contributed by atoms with Crippen molar-refractivity contribution in [2.24, 2.45) is 0 Å². The third kappa shape index (κ3) is 5.01. The van der Waals surface area contributed by atoms with E-state index in [4.69, 9.17) is 0 Å². The summed E-state index contributed by atoms with van der Waals surface area (Å²) in [5.74, 6) is 0. The van der Waals surface area contributed by atoms with Crippen molar-refractivity contribution in [3.8, 4) is 0 Å². The van der Waals surface area contributed by atoms with Crippen molar-refractivity contribution in [2.45, 2.75) is 20.3 Å². The number of carbonyl (C=O) groups excluding carboxylic acids is 1. The van der Waals surface area contributed by atoms with Gasteiger partial charge in [-0.1, -0.05) is 17.7 Å². The maximum Gasteiger partial charge on any atom is 0.142 e. The van der Waals surface area contributed by atoms with Crippen LogP contribution < -0.4 is 0 Å². The fraction of sp³-hybridized carbons (Fsp3) is 0.375. The Balaban J connectivity index is 3.61. The standard InChI is InChI=1S/C8H12O/c1-3-4-5-8(2)6-7-9/h3-4,6-7H,5H2,1-2H3/b4-3+,8-6+. The van der Waals surface area contributed by atoms with Crippen LogP contribution in [0.4, 0.5) is 0 Å². The molecule has 0 saturated carbocycles. The molecule has 0 saturated heterocycles. The second-order valence-corrected chi connectivity index (χ2v) is 1.92. The lowest BCUT2D eigenvalue weighted by Crippen LogP contribution is -1.72. The van der Waals surface area contributed by atoms with E-state index >= 15 is 0 Å². The topological polar surface area (TPSA) is 17.1 Å². The predicted octanol–water partition coefficient (Wildman–Crippen LogP) is 2.10. The minimum absolute atomic E-state index is 0.818. The quantitative estimate of drug-likeness (QED) is 0.320. The van der Waals surface area contributed by atoms with Gasteiger partial charge in [-0.2, -0.15) is 0 Å². The lowest BCUT2D eigenvalue weighted by molar-refractivity contribution is -0.104. The normalized spacial score (nSPS) is 12.4. The molecule has 0 fully saturated rings. The molecule has 0 atom stereocenters. The Morgan fingerprint density at radius 3 is 2.67 bits per heavy atom. The van der Waals surface area contributed by atoms with E-state index in [1.54, 1.807) is 6.08 Å². The second-order valence-electron chi connectivity index (χ2n) is 1.92. The van der Waals surface area contributed by atoms with Crippen LogP contribution in [-0.2, 0) is 4.79 Å². The Labute approximate surface area is 56.1 Å². The van der Waals surface area contributed by atoms with Crippen molar-refractivity contribution < 1.29 is 4.79 Å². The van der Waals surface area contributed by atoms with E-state index in [0.29, 0.717) is 0 Å². The zero-order chi connectivity index (χ0) is 7.11. The van der Waals surface area contributed by atoms with Gasteiger partial charge in [0.1, 0.15) is 6.29 Å². The van der Waals surface area contributed by atoms with E-state index < -0.39 is 0 Å². The van der Waals surface area contributed by atoms with Gasteiger partial charge in [0.2, 0.25) is 0 Å². The molecule has 0 aromatic rings. The van der Waals surface area contributed by atoms with E-state index in [9.17, 15) is 4.79 Å². The number of allylic oxidation sites excluding steroid dienone is 4. The number of hydrogen-bond donors (Lipinski definition) is 0. The van der Waals surface area contributed by atoms with Crippen molar-refractivity contribution in [3.05, 3.63) is 23.8 Å². The second kappa shape index (κ2) is 5.29. The molecule has 0 spiro atoms. The highest BCUT2D eigenvalue weighted by Crippen LogP contribution is 1.97. The summed E-state index contributed by atoms with van der Waals surface area (Å²) in [7, 11) is 0. The molecule has 0 aliphatic heterocycles. The monoisotopic (exact) mass is 124 g/mol. The van der Waals surface area contributed by atoms with E-state index in [1.807, 2.05) is 26.0 Å². The molecule has 0 aromatic carbocycles. The molecule has 0 amide bonds. The van der Waals surface area contributed by atoms with Crippen LogP contribution in [0.25, 0.3) is 0 Å². The predicted molar refractivity (Wildman–Crippen MR) is 39.3 cm³/mol. The van der Waals surface area contributed by atoms with Gasteiger partial charge < -0.3 is 0 Å². The molecule has 9 heavy (non-hydrogen) atoms. The van der Waals surface area contributed by atoms with Gasteiger partial charge in [0.25, 0.3) is 0 Å². The molecule has 1 nitrogen and oxygen atoms in total. The average molecular weight is 124 g/mol. The third-order valence-electron chi connectivity index (χ3n) is 1.03. The molecule has 0 bridgehead atoms. The SMILES string of the molecule is C/C=C/C/C(C)=C/C=O. The van der Waals surface area contributed by atoms with E-state index in [2.05, 4.69) is 0 Å². The third-order valence-corrected chi connectivity index (χ3v) is 1.03. The zero-order valence-electron chi connectivity index (χ0n) is 5.92. The van der Waals surface area contributed by atoms with Gasteiger partial charge in [-0.3, -0.25) is 4.79 Å². The Hall–Kier alpha value is -0.850. The molecule has 50 valence electrons. The molecule has 0 unspecified atom stereocenters. The summed E-state index contributed by atoms with van der Waals surface area (Å²) in [5.41, 5.74) is 1.10. The van der Waals surface area contributed by atoms with Crippen molar-refractivity contribution >= 4 is 6.29 Å². The van der Waals surface area contributed by atoms with Crippen LogP contribution in [0.5, 0.6) is 0 Å². The summed E-state index contributed by atoms with van der Waals surface area (Å²) in [6.45, 7) is 3.91. The Morgan fingerprint density at radius 2 is 2.22 bits per heavy atom. The van der Waals surface area contributed by atoms with E-state index in [-0.39, 0.29) is 0 Å². The van der Waals surface area contributed by atoms with Gasteiger partial charge in [-0.05, 0) is 26.3 Å². The lowest BCUT2D eigenvalue weighted by Gasteiger charge is -1.88. The van der Waals surface area contributed by atoms with Gasteiger partial charge in [0, 0.05) is 0 Å². The minimum Gasteiger partial charge on any atom is -0.299 e. The van der Waals surface area contributed by atoms with Crippen LogP contribution >= 0.6 is 0 Å². The number of rotatable bonds is 3. The van der Waals surface area contributed by atoms with Crippen LogP contribution in [0.15, 0.2) is 23.8 Å². The largest absolute Gasteiger partial charge is 0.299 e. The van der Waals surface area contributed by atoms with Crippen molar-refractivity contribution in [2.75, 3.05) is 0 Å². The van der Waals surface area contributed by atoms with Crippen LogP contribution in [-0.4, -0.2) is 6.29 Å². The molecule has 0 N–H and O–H groups in total. The first kappa shape index (κ1) is 8.15. The number of aldehydes is 1. The summed E-state index contributed by atoms with van der Waals surface area (Å²) in [6, 6.07) is 0. The Bertz CT molecular complexity index is 132. The molecule has 0 heterocycles. The molecular formula is C8H12O. The zero-order valence-corrected chi connectivity index (χ0v) is 5.92. The molecule has 0 aliphatic carbocycles. The van der Waals surface area contributed by atoms with Crippen molar-refractivity contribution in [1.82, 2.24) is 0 Å². The summed E-state index contributed by atoms with van der Waals surface area (Å²) < 4.78 is 0. The van der Waals surface area contributed by atoms with Gasteiger partial charge in [-0.25, -0.2) is 0 Å². The molecule has 0 aliphatic rings. The fourth-order valence-electron chi connectivity index (χ4n) is 0.488. The van der Waals surface area contributed by atoms with Crippen LogP contribution in [0.1, 0.15) is 20.3 Å². The number of hydrogen-bond acceptors (Lipinski definition) is 1. The Morgan fingerprint density at radius 1 is 1.56 bits per heavy atom.